The molecule has 0 radical (unpaired) electrons. The number of carbonyl (C=O) groups is 2. The van der Waals surface area contributed by atoms with Crippen molar-refractivity contribution in [2.24, 2.45) is 0 Å². The van der Waals surface area contributed by atoms with Crippen molar-refractivity contribution in [3.8, 4) is 0 Å². The summed E-state index contributed by atoms with van der Waals surface area (Å²) in [5.41, 5.74) is -2.62. The molecule has 1 fully saturated rings. The zero-order chi connectivity index (χ0) is 28.4. The Morgan fingerprint density at radius 1 is 1.08 bits per heavy atom. The van der Waals surface area contributed by atoms with Crippen molar-refractivity contribution in [3.63, 3.8) is 0 Å². The van der Waals surface area contributed by atoms with Crippen molar-refractivity contribution in [2.75, 3.05) is 19.6 Å². The van der Waals surface area contributed by atoms with E-state index in [1.54, 1.807) is 6.92 Å². The van der Waals surface area contributed by atoms with E-state index in [1.807, 2.05) is 0 Å². The zero-order valence-electron chi connectivity index (χ0n) is 20.0. The van der Waals surface area contributed by atoms with Crippen molar-refractivity contribution in [1.82, 2.24) is 15.1 Å². The van der Waals surface area contributed by atoms with Crippen LogP contribution in [-0.4, -0.2) is 46.7 Å². The van der Waals surface area contributed by atoms with Crippen molar-refractivity contribution in [2.45, 2.75) is 37.8 Å². The molecule has 206 valence electrons. The summed E-state index contributed by atoms with van der Waals surface area (Å²) in [5, 5.41) is 11.9. The minimum atomic E-state index is -5.07. The minimum Gasteiger partial charge on any atom is -0.465 e. The quantitative estimate of drug-likeness (QED) is 0.330. The SMILES string of the molecule is C=CCC(NC(=O)N1CCN(C(=O)O)CC1c1ccc(F)cc1C)c1cc(C(F)(F)F)cc(C(F)(F)F)c1. The highest BCUT2D eigenvalue weighted by atomic mass is 19.4. The first-order valence-corrected chi connectivity index (χ1v) is 11.3. The highest BCUT2D eigenvalue weighted by Gasteiger charge is 2.39. The predicted molar refractivity (Wildman–Crippen MR) is 123 cm³/mol. The van der Waals surface area contributed by atoms with Gasteiger partial charge in [0.25, 0.3) is 0 Å². The molecule has 0 aromatic heterocycles. The lowest BCUT2D eigenvalue weighted by Gasteiger charge is -2.41. The lowest BCUT2D eigenvalue weighted by atomic mass is 9.96. The molecule has 3 amide bonds. The van der Waals surface area contributed by atoms with Crippen molar-refractivity contribution >= 4 is 12.1 Å². The number of halogens is 7. The van der Waals surface area contributed by atoms with Crippen molar-refractivity contribution in [1.29, 1.82) is 0 Å². The maximum Gasteiger partial charge on any atom is 0.416 e. The van der Waals surface area contributed by atoms with Crippen molar-refractivity contribution in [3.05, 3.63) is 82.7 Å². The van der Waals surface area contributed by atoms with Gasteiger partial charge >= 0.3 is 24.5 Å². The van der Waals surface area contributed by atoms with E-state index in [0.717, 1.165) is 11.0 Å². The van der Waals surface area contributed by atoms with Gasteiger partial charge in [-0.2, -0.15) is 26.3 Å². The van der Waals surface area contributed by atoms with Gasteiger partial charge < -0.3 is 20.2 Å². The Bertz CT molecular complexity index is 1180. The van der Waals surface area contributed by atoms with Crippen LogP contribution < -0.4 is 5.32 Å². The first kappa shape index (κ1) is 28.8. The number of rotatable bonds is 5. The van der Waals surface area contributed by atoms with E-state index in [9.17, 15) is 45.4 Å². The minimum absolute atomic E-state index is 0.00520. The number of aryl methyl sites for hydroxylation is 1. The Kier molecular flexibility index (Phi) is 8.27. The van der Waals surface area contributed by atoms with E-state index in [4.69, 9.17) is 0 Å². The Morgan fingerprint density at radius 3 is 2.18 bits per heavy atom. The molecule has 2 aromatic rings. The van der Waals surface area contributed by atoms with Crippen LogP contribution in [0.5, 0.6) is 0 Å². The number of carboxylic acid groups (broad SMARTS) is 1. The van der Waals surface area contributed by atoms with Gasteiger partial charge in [0.15, 0.2) is 0 Å². The first-order chi connectivity index (χ1) is 17.6. The monoisotopic (exact) mass is 547 g/mol. The van der Waals surface area contributed by atoms with E-state index in [1.165, 1.54) is 23.1 Å². The fourth-order valence-electron chi connectivity index (χ4n) is 4.34. The summed E-state index contributed by atoms with van der Waals surface area (Å²) >= 11 is 0. The molecule has 0 bridgehead atoms. The third-order valence-electron chi connectivity index (χ3n) is 6.22. The number of hydrogen-bond acceptors (Lipinski definition) is 2. The van der Waals surface area contributed by atoms with Gasteiger partial charge in [-0.25, -0.2) is 14.0 Å². The van der Waals surface area contributed by atoms with Gasteiger partial charge in [0, 0.05) is 19.6 Å². The molecule has 38 heavy (non-hydrogen) atoms. The Morgan fingerprint density at radius 2 is 1.68 bits per heavy atom. The molecule has 0 saturated carbocycles. The van der Waals surface area contributed by atoms with Crippen molar-refractivity contribution < 1.29 is 45.4 Å². The molecule has 3 rings (SSSR count). The molecule has 2 aromatic carbocycles. The Balaban J connectivity index is 1.99. The normalized spacial score (nSPS) is 17.2. The third kappa shape index (κ3) is 6.56. The van der Waals surface area contributed by atoms with Gasteiger partial charge in [-0.15, -0.1) is 6.58 Å². The van der Waals surface area contributed by atoms with E-state index in [0.29, 0.717) is 23.3 Å². The predicted octanol–water partition coefficient (Wildman–Crippen LogP) is 6.54. The summed E-state index contributed by atoms with van der Waals surface area (Å²) in [5.74, 6) is -0.552. The van der Waals surface area contributed by atoms with Gasteiger partial charge in [0.2, 0.25) is 0 Å². The summed E-state index contributed by atoms with van der Waals surface area (Å²) in [7, 11) is 0. The van der Waals surface area contributed by atoms with Gasteiger partial charge in [-0.3, -0.25) is 0 Å². The van der Waals surface area contributed by atoms with Crippen LogP contribution >= 0.6 is 0 Å². The molecule has 1 saturated heterocycles. The second-order valence-corrected chi connectivity index (χ2v) is 8.80. The van der Waals surface area contributed by atoms with Crippen LogP contribution in [0.1, 0.15) is 46.3 Å². The number of amides is 3. The second-order valence-electron chi connectivity index (χ2n) is 8.80. The lowest BCUT2D eigenvalue weighted by molar-refractivity contribution is -0.143. The van der Waals surface area contributed by atoms with Gasteiger partial charge in [-0.1, -0.05) is 12.1 Å². The number of benzene rings is 2. The first-order valence-electron chi connectivity index (χ1n) is 11.3. The van der Waals surface area contributed by atoms with E-state index >= 15 is 0 Å². The molecule has 0 aliphatic carbocycles. The average Bonchev–Trinajstić information content (AvgIpc) is 2.82. The van der Waals surface area contributed by atoms with Crippen LogP contribution in [0.4, 0.5) is 40.3 Å². The number of carbonyl (C=O) groups excluding carboxylic acids is 1. The Labute approximate surface area is 213 Å². The van der Waals surface area contributed by atoms with Crippen LogP contribution in [0.3, 0.4) is 0 Å². The summed E-state index contributed by atoms with van der Waals surface area (Å²) in [4.78, 5) is 27.2. The smallest absolute Gasteiger partial charge is 0.416 e. The largest absolute Gasteiger partial charge is 0.465 e. The molecule has 2 unspecified atom stereocenters. The molecule has 0 spiro atoms. The molecular weight excluding hydrogens is 523 g/mol. The standard InChI is InChI=1S/C25H24F7N3O3/c1-3-4-20(15-10-16(24(27,28)29)12-17(11-15)25(30,31)32)33-22(36)35-8-7-34(23(37)38)13-21(35)19-6-5-18(26)9-14(19)2/h3,5-6,9-12,20-21H,1,4,7-8,13H2,2H3,(H,33,36)(H,37,38). The summed E-state index contributed by atoms with van der Waals surface area (Å²) < 4.78 is 94.0. The highest BCUT2D eigenvalue weighted by Crippen LogP contribution is 2.38. The summed E-state index contributed by atoms with van der Waals surface area (Å²) in [6, 6.07) is 1.75. The number of nitrogens with zero attached hydrogens (tertiary/aromatic N) is 2. The lowest BCUT2D eigenvalue weighted by Crippen LogP contribution is -2.55. The third-order valence-corrected chi connectivity index (χ3v) is 6.22. The fourth-order valence-corrected chi connectivity index (χ4v) is 4.34. The number of hydrogen-bond donors (Lipinski definition) is 2. The highest BCUT2D eigenvalue weighted by molar-refractivity contribution is 5.76. The number of nitrogens with one attached hydrogen (secondary N) is 1. The van der Waals surface area contributed by atoms with Crippen LogP contribution in [-0.2, 0) is 12.4 Å². The zero-order valence-corrected chi connectivity index (χ0v) is 20.0. The maximum atomic E-state index is 13.7. The van der Waals surface area contributed by atoms with E-state index in [2.05, 4.69) is 11.9 Å². The molecule has 1 heterocycles. The number of piperazine rings is 1. The summed E-state index contributed by atoms with van der Waals surface area (Å²) in [6.07, 6.45) is -10.3. The molecule has 1 aliphatic heterocycles. The summed E-state index contributed by atoms with van der Waals surface area (Å²) in [6.45, 7) is 4.65. The second kappa shape index (κ2) is 10.9. The number of alkyl halides is 6. The number of urea groups is 1. The van der Waals surface area contributed by atoms with Gasteiger partial charge in [-0.05, 0) is 60.4 Å². The molecule has 1 aliphatic rings. The van der Waals surface area contributed by atoms with Crippen LogP contribution in [0.25, 0.3) is 0 Å². The van der Waals surface area contributed by atoms with Gasteiger partial charge in [0.1, 0.15) is 5.82 Å². The van der Waals surface area contributed by atoms with E-state index in [-0.39, 0.29) is 32.1 Å². The van der Waals surface area contributed by atoms with Crippen LogP contribution in [0.15, 0.2) is 49.1 Å². The Hall–Kier alpha value is -3.77. The topological polar surface area (TPSA) is 72.9 Å². The molecule has 2 atom stereocenters. The molecule has 13 heteroatoms. The van der Waals surface area contributed by atoms with Gasteiger partial charge in [0.05, 0.1) is 23.2 Å². The fraction of sp³-hybridized carbons (Fsp3) is 0.360. The maximum absolute atomic E-state index is 13.7. The average molecular weight is 547 g/mol. The van der Waals surface area contributed by atoms with Crippen LogP contribution in [0.2, 0.25) is 0 Å². The molecule has 6 nitrogen and oxygen atoms in total. The molecule has 2 N–H and O–H groups in total. The van der Waals surface area contributed by atoms with Crippen LogP contribution in [0, 0.1) is 12.7 Å². The van der Waals surface area contributed by atoms with E-state index < -0.39 is 59.1 Å². The molecular formula is C25H24F7N3O3.